The van der Waals surface area contributed by atoms with Crippen molar-refractivity contribution in [1.29, 1.82) is 0 Å². The number of carbonyl (C=O) groups excluding carboxylic acids is 2. The van der Waals surface area contributed by atoms with Gasteiger partial charge in [-0.05, 0) is 35.1 Å². The van der Waals surface area contributed by atoms with Crippen LogP contribution in [0.15, 0.2) is 48.5 Å². The van der Waals surface area contributed by atoms with E-state index in [1.165, 1.54) is 4.90 Å². The fourth-order valence-corrected chi connectivity index (χ4v) is 4.97. The van der Waals surface area contributed by atoms with Crippen molar-refractivity contribution in [2.45, 2.75) is 50.2 Å². The quantitative estimate of drug-likeness (QED) is 0.523. The lowest BCUT2D eigenvalue weighted by Gasteiger charge is -2.47. The molecular formula is C26H30N2O6. The molecule has 3 N–H and O–H groups in total. The topological polar surface area (TPSA) is 116 Å². The number of ether oxygens (including phenoxy) is 1. The van der Waals surface area contributed by atoms with Gasteiger partial charge in [0.15, 0.2) is 0 Å². The van der Waals surface area contributed by atoms with E-state index in [-0.39, 0.29) is 38.5 Å². The first-order chi connectivity index (χ1) is 16.3. The van der Waals surface area contributed by atoms with Crippen LogP contribution in [0.5, 0.6) is 0 Å². The van der Waals surface area contributed by atoms with Crippen LogP contribution in [0.3, 0.4) is 0 Å². The van der Waals surface area contributed by atoms with Gasteiger partial charge in [-0.15, -0.1) is 0 Å². The molecule has 0 radical (unpaired) electrons. The Morgan fingerprint density at radius 2 is 1.68 bits per heavy atom. The number of nitrogens with one attached hydrogen (secondary N) is 1. The number of fused-ring (bicyclic) bond motifs is 3. The molecule has 0 spiro atoms. The average Bonchev–Trinajstić information content (AvgIpc) is 3.12. The first-order valence-electron chi connectivity index (χ1n) is 11.7. The fourth-order valence-electron chi connectivity index (χ4n) is 4.97. The second-order valence-corrected chi connectivity index (χ2v) is 9.12. The third-order valence-electron chi connectivity index (χ3n) is 6.58. The molecule has 8 nitrogen and oxygen atoms in total. The molecule has 2 amide bonds. The highest BCUT2D eigenvalue weighted by atomic mass is 16.5. The summed E-state index contributed by atoms with van der Waals surface area (Å²) in [6.07, 6.45) is 0.277. The first-order valence-corrected chi connectivity index (χ1v) is 11.7. The molecule has 1 aliphatic carbocycles. The summed E-state index contributed by atoms with van der Waals surface area (Å²) in [6.45, 7) is 2.40. The third-order valence-corrected chi connectivity index (χ3v) is 6.58. The van der Waals surface area contributed by atoms with Crippen molar-refractivity contribution in [2.24, 2.45) is 0 Å². The second kappa shape index (κ2) is 9.85. The summed E-state index contributed by atoms with van der Waals surface area (Å²) in [6, 6.07) is 14.9. The van der Waals surface area contributed by atoms with Crippen LogP contribution in [-0.4, -0.2) is 64.4 Å². The molecular weight excluding hydrogens is 436 g/mol. The number of likely N-dealkylation sites (tertiary alicyclic amines) is 1. The van der Waals surface area contributed by atoms with Crippen molar-refractivity contribution in [1.82, 2.24) is 10.2 Å². The average molecular weight is 467 g/mol. The van der Waals surface area contributed by atoms with Crippen molar-refractivity contribution >= 4 is 18.0 Å². The number of aliphatic hydroxyl groups is 1. The molecule has 1 saturated heterocycles. The summed E-state index contributed by atoms with van der Waals surface area (Å²) in [5.74, 6) is -1.58. The Hall–Kier alpha value is -3.39. The summed E-state index contributed by atoms with van der Waals surface area (Å²) >= 11 is 0. The Bertz CT molecular complexity index is 1030. The lowest BCUT2D eigenvalue weighted by atomic mass is 9.88. The van der Waals surface area contributed by atoms with Gasteiger partial charge in [-0.25, -0.2) is 4.79 Å². The molecule has 8 heteroatoms. The smallest absolute Gasteiger partial charge is 0.407 e. The van der Waals surface area contributed by atoms with E-state index in [4.69, 9.17) is 9.84 Å². The number of nitrogens with zero attached hydrogens (tertiary/aromatic N) is 1. The SMILES string of the molecule is CCCC1(O)CN(C(=O)C(CCC(=O)O)NC(=O)OCC2c3ccccc3-c3ccccc32)C1. The Kier molecular flexibility index (Phi) is 6.88. The number of benzene rings is 2. The Morgan fingerprint density at radius 3 is 2.24 bits per heavy atom. The maximum Gasteiger partial charge on any atom is 0.407 e. The maximum atomic E-state index is 12.9. The molecule has 1 atom stereocenters. The lowest BCUT2D eigenvalue weighted by molar-refractivity contribution is -0.158. The summed E-state index contributed by atoms with van der Waals surface area (Å²) in [7, 11) is 0. The van der Waals surface area contributed by atoms with E-state index >= 15 is 0 Å². The van der Waals surface area contributed by atoms with Crippen molar-refractivity contribution in [3.8, 4) is 11.1 Å². The highest BCUT2D eigenvalue weighted by molar-refractivity contribution is 5.87. The maximum absolute atomic E-state index is 12.9. The van der Waals surface area contributed by atoms with Gasteiger partial charge in [0.25, 0.3) is 0 Å². The molecule has 1 fully saturated rings. The standard InChI is InChI=1S/C26H30N2O6/c1-2-13-26(33)15-28(16-26)24(31)22(11-12-23(29)30)27-25(32)34-14-21-19-9-5-3-7-17(19)18-8-4-6-10-20(18)21/h3-10,21-22,33H,2,11-16H2,1H3,(H,27,32)(H,29,30). The van der Waals surface area contributed by atoms with E-state index in [0.717, 1.165) is 28.7 Å². The van der Waals surface area contributed by atoms with Crippen molar-refractivity contribution in [3.63, 3.8) is 0 Å². The number of rotatable bonds is 9. The number of carboxylic acid groups (broad SMARTS) is 1. The summed E-state index contributed by atoms with van der Waals surface area (Å²) in [5, 5.41) is 22.0. The molecule has 0 aromatic heterocycles. The zero-order valence-electron chi connectivity index (χ0n) is 19.2. The number of amides is 2. The molecule has 1 heterocycles. The van der Waals surface area contributed by atoms with Gasteiger partial charge in [-0.1, -0.05) is 61.9 Å². The summed E-state index contributed by atoms with van der Waals surface area (Å²) < 4.78 is 5.52. The monoisotopic (exact) mass is 466 g/mol. The number of β-amino-alcohol motifs (C(OH)–C–C–N with tert-alkyl or cyclic N) is 1. The van der Waals surface area contributed by atoms with Crippen molar-refractivity contribution in [2.75, 3.05) is 19.7 Å². The molecule has 1 unspecified atom stereocenters. The van der Waals surface area contributed by atoms with Crippen LogP contribution in [0.2, 0.25) is 0 Å². The van der Waals surface area contributed by atoms with Crippen molar-refractivity contribution in [3.05, 3.63) is 59.7 Å². The van der Waals surface area contributed by atoms with Crippen molar-refractivity contribution < 1.29 is 29.3 Å². The van der Waals surface area contributed by atoms with E-state index < -0.39 is 29.6 Å². The molecule has 0 saturated carbocycles. The predicted octanol–water partition coefficient (Wildman–Crippen LogP) is 3.13. The number of aliphatic carboxylic acids is 1. The molecule has 2 aromatic carbocycles. The second-order valence-electron chi connectivity index (χ2n) is 9.12. The zero-order valence-corrected chi connectivity index (χ0v) is 19.2. The number of hydrogen-bond donors (Lipinski definition) is 3. The molecule has 2 aromatic rings. The molecule has 0 bridgehead atoms. The number of carbonyl (C=O) groups is 3. The summed E-state index contributed by atoms with van der Waals surface area (Å²) in [4.78, 5) is 38.1. The van der Waals surface area contributed by atoms with Gasteiger partial charge in [0.2, 0.25) is 5.91 Å². The van der Waals surface area contributed by atoms with Crippen LogP contribution in [0.4, 0.5) is 4.79 Å². The zero-order chi connectivity index (χ0) is 24.3. The van der Waals surface area contributed by atoms with E-state index in [0.29, 0.717) is 6.42 Å². The predicted molar refractivity (Wildman–Crippen MR) is 125 cm³/mol. The summed E-state index contributed by atoms with van der Waals surface area (Å²) in [5.41, 5.74) is 3.46. The van der Waals surface area contributed by atoms with Crippen LogP contribution in [-0.2, 0) is 14.3 Å². The van der Waals surface area contributed by atoms with Gasteiger partial charge in [0.1, 0.15) is 12.6 Å². The minimum absolute atomic E-state index is 0.0545. The number of carboxylic acids is 1. The van der Waals surface area contributed by atoms with Gasteiger partial charge in [-0.3, -0.25) is 9.59 Å². The van der Waals surface area contributed by atoms with Crippen LogP contribution >= 0.6 is 0 Å². The highest BCUT2D eigenvalue weighted by Crippen LogP contribution is 2.44. The van der Waals surface area contributed by atoms with E-state index in [2.05, 4.69) is 5.32 Å². The van der Waals surface area contributed by atoms with Gasteiger partial charge < -0.3 is 25.2 Å². The highest BCUT2D eigenvalue weighted by Gasteiger charge is 2.44. The van der Waals surface area contributed by atoms with Gasteiger partial charge in [-0.2, -0.15) is 0 Å². The van der Waals surface area contributed by atoms with Crippen LogP contribution in [0, 0.1) is 0 Å². The minimum atomic E-state index is -1.06. The van der Waals surface area contributed by atoms with E-state index in [9.17, 15) is 19.5 Å². The molecule has 4 rings (SSSR count). The Labute approximate surface area is 198 Å². The normalized spacial score (nSPS) is 16.7. The van der Waals surface area contributed by atoms with Crippen LogP contribution in [0.1, 0.15) is 49.7 Å². The van der Waals surface area contributed by atoms with Gasteiger partial charge >= 0.3 is 12.1 Å². The fraction of sp³-hybridized carbons (Fsp3) is 0.423. The van der Waals surface area contributed by atoms with E-state index in [1.807, 2.05) is 55.5 Å². The molecule has 1 aliphatic heterocycles. The van der Waals surface area contributed by atoms with Crippen LogP contribution in [0.25, 0.3) is 11.1 Å². The molecule has 2 aliphatic rings. The Balaban J connectivity index is 1.39. The minimum Gasteiger partial charge on any atom is -0.481 e. The third kappa shape index (κ3) is 4.92. The van der Waals surface area contributed by atoms with E-state index in [1.54, 1.807) is 0 Å². The number of alkyl carbamates (subject to hydrolysis) is 1. The largest absolute Gasteiger partial charge is 0.481 e. The number of hydrogen-bond acceptors (Lipinski definition) is 5. The van der Waals surface area contributed by atoms with Crippen LogP contribution < -0.4 is 5.32 Å². The first kappa shape index (κ1) is 23.8. The molecule has 180 valence electrons. The van der Waals surface area contributed by atoms with Gasteiger partial charge in [0.05, 0.1) is 18.7 Å². The lowest BCUT2D eigenvalue weighted by Crippen LogP contribution is -2.66. The van der Waals surface area contributed by atoms with Gasteiger partial charge in [0, 0.05) is 12.3 Å². The Morgan fingerprint density at radius 1 is 1.09 bits per heavy atom. The molecule has 34 heavy (non-hydrogen) atoms.